The zero-order valence-electron chi connectivity index (χ0n) is 9.17. The fourth-order valence-corrected chi connectivity index (χ4v) is 1.35. The minimum Gasteiger partial charge on any atom is -0.300 e. The number of carbonyl (C=O) groups is 2. The van der Waals surface area contributed by atoms with Crippen LogP contribution in [0, 0.1) is 24.2 Å². The first-order chi connectivity index (χ1) is 6.45. The third-order valence-electron chi connectivity index (χ3n) is 1.88. The fraction of sp³-hybridized carbons (Fsp3) is 0.667. The number of ketones is 2. The lowest BCUT2D eigenvalue weighted by molar-refractivity contribution is -0.121. The highest BCUT2D eigenvalue weighted by Gasteiger charge is 2.14. The van der Waals surface area contributed by atoms with E-state index < -0.39 is 0 Å². The summed E-state index contributed by atoms with van der Waals surface area (Å²) in [5, 5.41) is 0. The molecule has 0 aliphatic rings. The summed E-state index contributed by atoms with van der Waals surface area (Å²) in [5.41, 5.74) is 0. The van der Waals surface area contributed by atoms with Crippen molar-refractivity contribution in [2.75, 3.05) is 0 Å². The number of hydrogen-bond acceptors (Lipinski definition) is 2. The average Bonchev–Trinajstić information content (AvgIpc) is 2.00. The molecular weight excluding hydrogens is 176 g/mol. The number of hydrogen-bond donors (Lipinski definition) is 0. The van der Waals surface area contributed by atoms with E-state index in [2.05, 4.69) is 5.92 Å². The molecule has 0 rings (SSSR count). The Morgan fingerprint density at radius 3 is 2.14 bits per heavy atom. The molecule has 1 atom stereocenters. The summed E-state index contributed by atoms with van der Waals surface area (Å²) in [6.07, 6.45) is 6.46. The van der Waals surface area contributed by atoms with Crippen LogP contribution in [0.25, 0.3) is 0 Å². The van der Waals surface area contributed by atoms with Gasteiger partial charge in [0.05, 0.1) is 0 Å². The molecular formula is C12H18O2. The van der Waals surface area contributed by atoms with Crippen molar-refractivity contribution < 1.29 is 9.59 Å². The van der Waals surface area contributed by atoms with Crippen LogP contribution < -0.4 is 0 Å². The number of carbonyl (C=O) groups excluding carboxylic acids is 2. The van der Waals surface area contributed by atoms with Gasteiger partial charge in [-0.2, -0.15) is 0 Å². The van der Waals surface area contributed by atoms with Gasteiger partial charge in [0.1, 0.15) is 11.6 Å². The van der Waals surface area contributed by atoms with Crippen molar-refractivity contribution in [3.63, 3.8) is 0 Å². The topological polar surface area (TPSA) is 34.1 Å². The van der Waals surface area contributed by atoms with Crippen molar-refractivity contribution in [1.82, 2.24) is 0 Å². The van der Waals surface area contributed by atoms with Crippen molar-refractivity contribution in [3.8, 4) is 12.3 Å². The second-order valence-electron chi connectivity index (χ2n) is 4.11. The van der Waals surface area contributed by atoms with Crippen molar-refractivity contribution in [3.05, 3.63) is 0 Å². The third-order valence-corrected chi connectivity index (χ3v) is 1.88. The van der Waals surface area contributed by atoms with Gasteiger partial charge in [-0.3, -0.25) is 9.59 Å². The van der Waals surface area contributed by atoms with Gasteiger partial charge in [0.15, 0.2) is 0 Å². The third kappa shape index (κ3) is 6.42. The molecule has 0 aromatic rings. The summed E-state index contributed by atoms with van der Waals surface area (Å²) in [7, 11) is 0. The van der Waals surface area contributed by atoms with Gasteiger partial charge in [-0.25, -0.2) is 0 Å². The molecule has 0 aliphatic heterocycles. The zero-order valence-corrected chi connectivity index (χ0v) is 9.17. The van der Waals surface area contributed by atoms with Gasteiger partial charge in [-0.05, 0) is 12.8 Å². The van der Waals surface area contributed by atoms with Crippen LogP contribution >= 0.6 is 0 Å². The van der Waals surface area contributed by atoms with E-state index >= 15 is 0 Å². The number of terminal acetylenes is 1. The lowest BCUT2D eigenvalue weighted by Crippen LogP contribution is -2.11. The SMILES string of the molecule is C#CC(CC(C)=O)CC(=O)CC(C)C. The molecule has 0 N–H and O–H groups in total. The van der Waals surface area contributed by atoms with E-state index in [0.717, 1.165) is 0 Å². The van der Waals surface area contributed by atoms with E-state index in [-0.39, 0.29) is 17.5 Å². The molecule has 0 radical (unpaired) electrons. The lowest BCUT2D eigenvalue weighted by Gasteiger charge is -2.08. The normalized spacial score (nSPS) is 12.2. The van der Waals surface area contributed by atoms with Gasteiger partial charge in [0, 0.05) is 25.2 Å². The maximum atomic E-state index is 11.4. The summed E-state index contributed by atoms with van der Waals surface area (Å²) in [4.78, 5) is 22.2. The summed E-state index contributed by atoms with van der Waals surface area (Å²) >= 11 is 0. The maximum Gasteiger partial charge on any atom is 0.134 e. The Hall–Kier alpha value is -1.10. The highest BCUT2D eigenvalue weighted by molar-refractivity contribution is 5.81. The molecule has 0 fully saturated rings. The summed E-state index contributed by atoms with van der Waals surface area (Å²) in [6.45, 7) is 5.48. The predicted molar refractivity (Wildman–Crippen MR) is 56.7 cm³/mol. The fourth-order valence-electron chi connectivity index (χ4n) is 1.35. The molecule has 0 spiro atoms. The Morgan fingerprint density at radius 1 is 1.21 bits per heavy atom. The smallest absolute Gasteiger partial charge is 0.134 e. The van der Waals surface area contributed by atoms with Crippen molar-refractivity contribution in [2.45, 2.75) is 40.0 Å². The van der Waals surface area contributed by atoms with Crippen LogP contribution in [0.4, 0.5) is 0 Å². The van der Waals surface area contributed by atoms with E-state index in [1.54, 1.807) is 0 Å². The molecule has 14 heavy (non-hydrogen) atoms. The molecule has 0 heterocycles. The molecule has 1 unspecified atom stereocenters. The summed E-state index contributed by atoms with van der Waals surface area (Å²) in [5.74, 6) is 2.85. The van der Waals surface area contributed by atoms with Crippen molar-refractivity contribution in [1.29, 1.82) is 0 Å². The highest BCUT2D eigenvalue weighted by Crippen LogP contribution is 2.12. The van der Waals surface area contributed by atoms with Gasteiger partial charge in [0.25, 0.3) is 0 Å². The maximum absolute atomic E-state index is 11.4. The molecule has 0 saturated carbocycles. The predicted octanol–water partition coefficient (Wildman–Crippen LogP) is 2.22. The largest absolute Gasteiger partial charge is 0.300 e. The number of Topliss-reactive ketones (excluding diaryl/α,β-unsaturated/α-hetero) is 2. The van der Waals surface area contributed by atoms with Crippen LogP contribution in [0.5, 0.6) is 0 Å². The van der Waals surface area contributed by atoms with Gasteiger partial charge < -0.3 is 0 Å². The molecule has 0 saturated heterocycles. The van der Waals surface area contributed by atoms with Crippen LogP contribution in [0.3, 0.4) is 0 Å². The van der Waals surface area contributed by atoms with Gasteiger partial charge in [-0.15, -0.1) is 12.3 Å². The second kappa shape index (κ2) is 6.37. The average molecular weight is 194 g/mol. The van der Waals surface area contributed by atoms with Crippen LogP contribution in [0.1, 0.15) is 40.0 Å². The molecule has 78 valence electrons. The first-order valence-electron chi connectivity index (χ1n) is 4.93. The Kier molecular flexibility index (Phi) is 5.87. The Morgan fingerprint density at radius 2 is 1.79 bits per heavy atom. The first kappa shape index (κ1) is 12.9. The van der Waals surface area contributed by atoms with Crippen LogP contribution in [-0.4, -0.2) is 11.6 Å². The molecule has 0 aromatic heterocycles. The van der Waals surface area contributed by atoms with Crippen LogP contribution in [0.2, 0.25) is 0 Å². The minimum absolute atomic E-state index is 0.0466. The first-order valence-corrected chi connectivity index (χ1v) is 4.93. The molecule has 2 heteroatoms. The summed E-state index contributed by atoms with van der Waals surface area (Å²) < 4.78 is 0. The van der Waals surface area contributed by atoms with E-state index in [1.165, 1.54) is 6.92 Å². The zero-order chi connectivity index (χ0) is 11.1. The highest BCUT2D eigenvalue weighted by atomic mass is 16.1. The molecule has 0 bridgehead atoms. The number of rotatable bonds is 6. The lowest BCUT2D eigenvalue weighted by atomic mass is 9.94. The van der Waals surface area contributed by atoms with Crippen molar-refractivity contribution >= 4 is 11.6 Å². The Balaban J connectivity index is 4.00. The van der Waals surface area contributed by atoms with E-state index in [9.17, 15) is 9.59 Å². The van der Waals surface area contributed by atoms with Gasteiger partial charge in [-0.1, -0.05) is 13.8 Å². The van der Waals surface area contributed by atoms with Crippen molar-refractivity contribution in [2.24, 2.45) is 11.8 Å². The van der Waals surface area contributed by atoms with E-state index in [1.807, 2.05) is 13.8 Å². The van der Waals surface area contributed by atoms with E-state index in [4.69, 9.17) is 6.42 Å². The second-order valence-corrected chi connectivity index (χ2v) is 4.11. The van der Waals surface area contributed by atoms with E-state index in [0.29, 0.717) is 25.2 Å². The Labute approximate surface area is 86.1 Å². The standard InChI is InChI=1S/C12H18O2/c1-5-11(7-10(4)13)8-12(14)6-9(2)3/h1,9,11H,6-8H2,2-4H3. The Bertz CT molecular complexity index is 246. The van der Waals surface area contributed by atoms with Crippen LogP contribution in [0.15, 0.2) is 0 Å². The van der Waals surface area contributed by atoms with Gasteiger partial charge in [0.2, 0.25) is 0 Å². The quantitative estimate of drug-likeness (QED) is 0.607. The monoisotopic (exact) mass is 194 g/mol. The molecule has 0 aliphatic carbocycles. The van der Waals surface area contributed by atoms with Gasteiger partial charge >= 0.3 is 0 Å². The molecule has 0 aromatic carbocycles. The molecule has 2 nitrogen and oxygen atoms in total. The van der Waals surface area contributed by atoms with Crippen LogP contribution in [-0.2, 0) is 9.59 Å². The molecule has 0 amide bonds. The minimum atomic E-state index is -0.209. The summed E-state index contributed by atoms with van der Waals surface area (Å²) in [6, 6.07) is 0.